The zero-order valence-electron chi connectivity index (χ0n) is 17.6. The lowest BCUT2D eigenvalue weighted by Crippen LogP contribution is -2.00. The lowest BCUT2D eigenvalue weighted by Gasteiger charge is -2.09. The van der Waals surface area contributed by atoms with Crippen molar-refractivity contribution in [3.05, 3.63) is 60.2 Å². The average Bonchev–Trinajstić information content (AvgIpc) is 3.41. The molecular formula is C22H23N5O3S. The first-order valence-electron chi connectivity index (χ1n) is 10.0. The minimum atomic E-state index is 0.485. The van der Waals surface area contributed by atoms with Crippen molar-refractivity contribution < 1.29 is 14.0 Å². The summed E-state index contributed by atoms with van der Waals surface area (Å²) < 4.78 is 18.4. The Morgan fingerprint density at radius 1 is 0.903 bits per heavy atom. The fourth-order valence-electron chi connectivity index (χ4n) is 3.02. The second kappa shape index (κ2) is 9.65. The Morgan fingerprint density at radius 2 is 1.55 bits per heavy atom. The monoisotopic (exact) mass is 437 g/mol. The van der Waals surface area contributed by atoms with E-state index in [2.05, 4.69) is 20.3 Å². The fraction of sp³-hybridized carbons (Fsp3) is 0.273. The maximum Gasteiger partial charge on any atom is 0.237 e. The van der Waals surface area contributed by atoms with E-state index in [1.807, 2.05) is 73.9 Å². The summed E-state index contributed by atoms with van der Waals surface area (Å²) in [6, 6.07) is 15.5. The Kier molecular flexibility index (Phi) is 6.51. The molecule has 160 valence electrons. The highest BCUT2D eigenvalue weighted by molar-refractivity contribution is 7.98. The molecule has 0 fully saturated rings. The van der Waals surface area contributed by atoms with Gasteiger partial charge >= 0.3 is 0 Å². The first-order valence-corrected chi connectivity index (χ1v) is 11.0. The average molecular weight is 438 g/mol. The van der Waals surface area contributed by atoms with Crippen molar-refractivity contribution in [2.75, 3.05) is 13.2 Å². The summed E-state index contributed by atoms with van der Waals surface area (Å²) in [5, 5.41) is 13.4. The maximum atomic E-state index is 5.52. The van der Waals surface area contributed by atoms with Crippen molar-refractivity contribution in [3.63, 3.8) is 0 Å². The van der Waals surface area contributed by atoms with Crippen LogP contribution in [0.2, 0.25) is 0 Å². The Bertz CT molecular complexity index is 1120. The molecule has 9 heteroatoms. The number of nitrogens with zero attached hydrogens (tertiary/aromatic N) is 5. The summed E-state index contributed by atoms with van der Waals surface area (Å²) in [5.41, 5.74) is 1.84. The standard InChI is InChI=1S/C22H23N5O3S/c1-4-28-18-10-6-16(7-11-18)21-23-20(30-26-21)14-31-22-25-24-15(3)27(22)17-8-12-19(13-9-17)29-5-2/h6-13H,4-5,14H2,1-3H3. The van der Waals surface area contributed by atoms with Crippen molar-refractivity contribution in [2.45, 2.75) is 31.7 Å². The van der Waals surface area contributed by atoms with Crippen LogP contribution in [0.4, 0.5) is 0 Å². The highest BCUT2D eigenvalue weighted by Gasteiger charge is 2.15. The molecule has 0 aliphatic rings. The lowest BCUT2D eigenvalue weighted by molar-refractivity contribution is 0.340. The molecule has 0 saturated heterocycles. The quantitative estimate of drug-likeness (QED) is 0.348. The number of aromatic nitrogens is 5. The summed E-state index contributed by atoms with van der Waals surface area (Å²) in [4.78, 5) is 4.50. The Balaban J connectivity index is 1.46. The van der Waals surface area contributed by atoms with Crippen LogP contribution in [0.3, 0.4) is 0 Å². The van der Waals surface area contributed by atoms with E-state index in [1.165, 1.54) is 11.8 Å². The van der Waals surface area contributed by atoms with Gasteiger partial charge in [-0.05, 0) is 69.3 Å². The van der Waals surface area contributed by atoms with Crippen LogP contribution in [0, 0.1) is 6.92 Å². The number of hydrogen-bond acceptors (Lipinski definition) is 8. The summed E-state index contributed by atoms with van der Waals surface area (Å²) >= 11 is 1.49. The normalized spacial score (nSPS) is 10.9. The van der Waals surface area contributed by atoms with Gasteiger partial charge in [0.2, 0.25) is 11.7 Å². The van der Waals surface area contributed by atoms with E-state index in [4.69, 9.17) is 14.0 Å². The SMILES string of the molecule is CCOc1ccc(-c2noc(CSc3nnc(C)n3-c3ccc(OCC)cc3)n2)cc1. The van der Waals surface area contributed by atoms with Gasteiger partial charge in [-0.15, -0.1) is 10.2 Å². The van der Waals surface area contributed by atoms with Gasteiger partial charge in [-0.25, -0.2) is 0 Å². The van der Waals surface area contributed by atoms with Gasteiger partial charge in [0.05, 0.1) is 19.0 Å². The Hall–Kier alpha value is -3.33. The van der Waals surface area contributed by atoms with Crippen LogP contribution < -0.4 is 9.47 Å². The van der Waals surface area contributed by atoms with Crippen LogP contribution in [-0.4, -0.2) is 38.1 Å². The van der Waals surface area contributed by atoms with Crippen LogP contribution in [-0.2, 0) is 5.75 Å². The van der Waals surface area contributed by atoms with Crippen molar-refractivity contribution in [1.82, 2.24) is 24.9 Å². The zero-order valence-corrected chi connectivity index (χ0v) is 18.4. The summed E-state index contributed by atoms with van der Waals surface area (Å²) in [5.74, 6) is 4.00. The molecule has 0 N–H and O–H groups in total. The van der Waals surface area contributed by atoms with Crippen molar-refractivity contribution in [1.29, 1.82) is 0 Å². The molecular weight excluding hydrogens is 414 g/mol. The van der Waals surface area contributed by atoms with E-state index in [9.17, 15) is 0 Å². The molecule has 0 unspecified atom stereocenters. The summed E-state index contributed by atoms with van der Waals surface area (Å²) in [6.07, 6.45) is 0. The number of hydrogen-bond donors (Lipinski definition) is 0. The molecule has 31 heavy (non-hydrogen) atoms. The van der Waals surface area contributed by atoms with Crippen molar-refractivity contribution in [3.8, 4) is 28.6 Å². The number of aryl methyl sites for hydroxylation is 1. The predicted octanol–water partition coefficient (Wildman–Crippen LogP) is 4.72. The highest BCUT2D eigenvalue weighted by Crippen LogP contribution is 2.27. The summed E-state index contributed by atoms with van der Waals surface area (Å²) in [7, 11) is 0. The van der Waals surface area contributed by atoms with Crippen LogP contribution >= 0.6 is 11.8 Å². The van der Waals surface area contributed by atoms with Crippen LogP contribution in [0.25, 0.3) is 17.1 Å². The Labute approximate surface area is 184 Å². The molecule has 0 radical (unpaired) electrons. The maximum absolute atomic E-state index is 5.52. The van der Waals surface area contributed by atoms with Gasteiger partial charge in [-0.1, -0.05) is 16.9 Å². The second-order valence-electron chi connectivity index (χ2n) is 6.55. The van der Waals surface area contributed by atoms with Crippen molar-refractivity contribution in [2.24, 2.45) is 0 Å². The smallest absolute Gasteiger partial charge is 0.237 e. The summed E-state index contributed by atoms with van der Waals surface area (Å²) in [6.45, 7) is 7.10. The van der Waals surface area contributed by atoms with E-state index in [0.717, 1.165) is 33.7 Å². The predicted molar refractivity (Wildman–Crippen MR) is 118 cm³/mol. The van der Waals surface area contributed by atoms with Gasteiger partial charge < -0.3 is 14.0 Å². The molecule has 2 aromatic carbocycles. The minimum absolute atomic E-state index is 0.485. The second-order valence-corrected chi connectivity index (χ2v) is 7.49. The van der Waals surface area contributed by atoms with Crippen molar-refractivity contribution >= 4 is 11.8 Å². The molecule has 2 heterocycles. The van der Waals surface area contributed by atoms with E-state index < -0.39 is 0 Å². The highest BCUT2D eigenvalue weighted by atomic mass is 32.2. The number of benzene rings is 2. The molecule has 0 saturated carbocycles. The number of rotatable bonds is 9. The molecule has 4 aromatic rings. The Morgan fingerprint density at radius 3 is 2.19 bits per heavy atom. The first-order chi connectivity index (χ1) is 15.2. The molecule has 0 atom stereocenters. The third-order valence-electron chi connectivity index (χ3n) is 4.42. The topological polar surface area (TPSA) is 88.1 Å². The third kappa shape index (κ3) is 4.88. The van der Waals surface area contributed by atoms with Crippen LogP contribution in [0.15, 0.2) is 58.2 Å². The number of ether oxygens (including phenoxy) is 2. The van der Waals surface area contributed by atoms with E-state index >= 15 is 0 Å². The minimum Gasteiger partial charge on any atom is -0.494 e. The van der Waals surface area contributed by atoms with Gasteiger partial charge in [-0.3, -0.25) is 4.57 Å². The zero-order chi connectivity index (χ0) is 21.6. The van der Waals surface area contributed by atoms with Crippen LogP contribution in [0.1, 0.15) is 25.6 Å². The fourth-order valence-corrected chi connectivity index (χ4v) is 3.85. The van der Waals surface area contributed by atoms with Gasteiger partial charge in [-0.2, -0.15) is 4.98 Å². The molecule has 0 aliphatic heterocycles. The van der Waals surface area contributed by atoms with Gasteiger partial charge in [0.15, 0.2) is 5.16 Å². The largest absolute Gasteiger partial charge is 0.494 e. The molecule has 8 nitrogen and oxygen atoms in total. The third-order valence-corrected chi connectivity index (χ3v) is 5.33. The molecule has 0 amide bonds. The van der Waals surface area contributed by atoms with Gasteiger partial charge in [0, 0.05) is 11.3 Å². The van der Waals surface area contributed by atoms with Crippen LogP contribution in [0.5, 0.6) is 11.5 Å². The molecule has 2 aromatic heterocycles. The van der Waals surface area contributed by atoms with E-state index in [0.29, 0.717) is 30.7 Å². The van der Waals surface area contributed by atoms with E-state index in [-0.39, 0.29) is 0 Å². The molecule has 4 rings (SSSR count). The molecule has 0 bridgehead atoms. The van der Waals surface area contributed by atoms with Gasteiger partial charge in [0.25, 0.3) is 0 Å². The lowest BCUT2D eigenvalue weighted by atomic mass is 10.2. The van der Waals surface area contributed by atoms with E-state index in [1.54, 1.807) is 0 Å². The first kappa shape index (κ1) is 20.9. The molecule has 0 aliphatic carbocycles. The van der Waals surface area contributed by atoms with Gasteiger partial charge in [0.1, 0.15) is 17.3 Å². The molecule has 0 spiro atoms. The number of thioether (sulfide) groups is 1.